The highest BCUT2D eigenvalue weighted by Crippen LogP contribution is 2.19. The number of hydrogen-bond donors (Lipinski definition) is 1. The van der Waals surface area contributed by atoms with Crippen molar-refractivity contribution in [2.75, 3.05) is 44.4 Å². The van der Waals surface area contributed by atoms with Crippen molar-refractivity contribution in [3.63, 3.8) is 0 Å². The Morgan fingerprint density at radius 3 is 2.47 bits per heavy atom. The number of ether oxygens (including phenoxy) is 3. The van der Waals surface area contributed by atoms with E-state index in [2.05, 4.69) is 15.2 Å². The number of pyridine rings is 1. The Kier molecular flexibility index (Phi) is 7.55. The highest BCUT2D eigenvalue weighted by Gasteiger charge is 2.14. The first-order chi connectivity index (χ1) is 15.8. The van der Waals surface area contributed by atoms with E-state index in [1.165, 1.54) is 0 Å². The highest BCUT2D eigenvalue weighted by molar-refractivity contribution is 5.96. The van der Waals surface area contributed by atoms with Crippen LogP contribution in [0.4, 0.5) is 5.82 Å². The van der Waals surface area contributed by atoms with Crippen LogP contribution in [0.3, 0.4) is 0 Å². The lowest BCUT2D eigenvalue weighted by Crippen LogP contribution is -2.36. The second-order valence-corrected chi connectivity index (χ2v) is 7.31. The van der Waals surface area contributed by atoms with Crippen LogP contribution in [-0.4, -0.2) is 50.4 Å². The Bertz CT molecular complexity index is 990. The van der Waals surface area contributed by atoms with Gasteiger partial charge in [-0.25, -0.2) is 4.98 Å². The summed E-state index contributed by atoms with van der Waals surface area (Å²) in [5.41, 5.74) is 1.43. The number of nitrogens with one attached hydrogen (secondary N) is 1. The first-order valence-electron chi connectivity index (χ1n) is 10.7. The minimum absolute atomic E-state index is 0.193. The van der Waals surface area contributed by atoms with Crippen molar-refractivity contribution >= 4 is 11.7 Å². The molecule has 0 spiro atoms. The van der Waals surface area contributed by atoms with Gasteiger partial charge in [0.25, 0.3) is 5.91 Å². The van der Waals surface area contributed by atoms with E-state index in [4.69, 9.17) is 14.2 Å². The highest BCUT2D eigenvalue weighted by atomic mass is 16.5. The van der Waals surface area contributed by atoms with Crippen LogP contribution in [-0.2, 0) is 11.3 Å². The van der Waals surface area contributed by atoms with E-state index in [1.54, 1.807) is 18.3 Å². The largest absolute Gasteiger partial charge is 0.490 e. The van der Waals surface area contributed by atoms with E-state index in [0.717, 1.165) is 43.4 Å². The third kappa shape index (κ3) is 5.98. The number of aromatic nitrogens is 1. The Hall–Kier alpha value is -3.58. The predicted molar refractivity (Wildman–Crippen MR) is 122 cm³/mol. The van der Waals surface area contributed by atoms with Crippen LogP contribution in [0, 0.1) is 0 Å². The Morgan fingerprint density at radius 2 is 1.69 bits per heavy atom. The Balaban J connectivity index is 1.27. The third-order valence-corrected chi connectivity index (χ3v) is 5.08. The molecule has 1 saturated heterocycles. The number of rotatable bonds is 9. The summed E-state index contributed by atoms with van der Waals surface area (Å²) in [5.74, 6) is 2.06. The molecule has 7 heteroatoms. The quantitative estimate of drug-likeness (QED) is 0.522. The van der Waals surface area contributed by atoms with E-state index in [-0.39, 0.29) is 5.91 Å². The first kappa shape index (κ1) is 21.6. The SMILES string of the molecule is O=C(NCc1ccc(N2CCOCC2)nc1)c1ccccc1OCCOc1ccccc1. The van der Waals surface area contributed by atoms with Crippen molar-refractivity contribution in [1.29, 1.82) is 0 Å². The maximum Gasteiger partial charge on any atom is 0.255 e. The lowest BCUT2D eigenvalue weighted by molar-refractivity contribution is 0.0945. The molecule has 32 heavy (non-hydrogen) atoms. The number of carbonyl (C=O) groups excluding carboxylic acids is 1. The average Bonchev–Trinajstić information content (AvgIpc) is 2.87. The summed E-state index contributed by atoms with van der Waals surface area (Å²) in [6.07, 6.45) is 1.80. The summed E-state index contributed by atoms with van der Waals surface area (Å²) in [4.78, 5) is 19.5. The number of benzene rings is 2. The second-order valence-electron chi connectivity index (χ2n) is 7.31. The molecule has 0 unspecified atom stereocenters. The molecule has 2 heterocycles. The van der Waals surface area contributed by atoms with E-state index in [9.17, 15) is 4.79 Å². The van der Waals surface area contributed by atoms with Crippen LogP contribution >= 0.6 is 0 Å². The standard InChI is InChI=1S/C25H27N3O4/c29-25(27-19-20-10-11-24(26-18-20)28-12-14-30-15-13-28)22-8-4-5-9-23(22)32-17-16-31-21-6-2-1-3-7-21/h1-11,18H,12-17,19H2,(H,27,29). The molecule has 4 rings (SSSR count). The van der Waals surface area contributed by atoms with Crippen molar-refractivity contribution in [3.8, 4) is 11.5 Å². The lowest BCUT2D eigenvalue weighted by atomic mass is 10.2. The van der Waals surface area contributed by atoms with Gasteiger partial charge in [0.2, 0.25) is 0 Å². The molecule has 1 amide bonds. The van der Waals surface area contributed by atoms with Gasteiger partial charge in [0.1, 0.15) is 30.5 Å². The summed E-state index contributed by atoms with van der Waals surface area (Å²) >= 11 is 0. The smallest absolute Gasteiger partial charge is 0.255 e. The van der Waals surface area contributed by atoms with Crippen molar-refractivity contribution in [2.24, 2.45) is 0 Å². The van der Waals surface area contributed by atoms with Gasteiger partial charge >= 0.3 is 0 Å². The van der Waals surface area contributed by atoms with E-state index < -0.39 is 0 Å². The van der Waals surface area contributed by atoms with Gasteiger partial charge in [-0.2, -0.15) is 0 Å². The lowest BCUT2D eigenvalue weighted by Gasteiger charge is -2.27. The fraction of sp³-hybridized carbons (Fsp3) is 0.280. The maximum atomic E-state index is 12.7. The van der Waals surface area contributed by atoms with Gasteiger partial charge in [0, 0.05) is 25.8 Å². The molecule has 1 aromatic heterocycles. The van der Waals surface area contributed by atoms with E-state index in [1.807, 2.05) is 54.6 Å². The monoisotopic (exact) mass is 433 g/mol. The number of anilines is 1. The van der Waals surface area contributed by atoms with Crippen molar-refractivity contribution in [2.45, 2.75) is 6.54 Å². The summed E-state index contributed by atoms with van der Waals surface area (Å²) < 4.78 is 16.8. The number of amides is 1. The number of hydrogen-bond acceptors (Lipinski definition) is 6. The average molecular weight is 434 g/mol. The molecule has 166 valence electrons. The molecule has 0 radical (unpaired) electrons. The second kappa shape index (κ2) is 11.2. The molecule has 7 nitrogen and oxygen atoms in total. The Morgan fingerprint density at radius 1 is 0.938 bits per heavy atom. The zero-order valence-electron chi connectivity index (χ0n) is 17.9. The fourth-order valence-electron chi connectivity index (χ4n) is 3.39. The van der Waals surface area contributed by atoms with Gasteiger partial charge < -0.3 is 24.4 Å². The molecular weight excluding hydrogens is 406 g/mol. The normalized spacial score (nSPS) is 13.4. The molecule has 2 aromatic carbocycles. The molecule has 0 aliphatic carbocycles. The number of carbonyl (C=O) groups is 1. The van der Waals surface area contributed by atoms with Gasteiger partial charge in [0.15, 0.2) is 0 Å². The first-order valence-corrected chi connectivity index (χ1v) is 10.7. The van der Waals surface area contributed by atoms with E-state index >= 15 is 0 Å². The molecular formula is C25H27N3O4. The Labute approximate surface area is 187 Å². The van der Waals surface area contributed by atoms with Crippen LogP contribution in [0.5, 0.6) is 11.5 Å². The number of para-hydroxylation sites is 2. The molecule has 1 aliphatic rings. The maximum absolute atomic E-state index is 12.7. The molecule has 1 N–H and O–H groups in total. The summed E-state index contributed by atoms with van der Waals surface area (Å²) in [5, 5.41) is 2.95. The zero-order chi connectivity index (χ0) is 22.0. The van der Waals surface area contributed by atoms with Crippen molar-refractivity contribution < 1.29 is 19.0 Å². The van der Waals surface area contributed by atoms with Gasteiger partial charge in [-0.3, -0.25) is 4.79 Å². The summed E-state index contributed by atoms with van der Waals surface area (Å²) in [7, 11) is 0. The predicted octanol–water partition coefficient (Wildman–Crippen LogP) is 3.31. The zero-order valence-corrected chi connectivity index (χ0v) is 17.9. The molecule has 1 aliphatic heterocycles. The topological polar surface area (TPSA) is 72.9 Å². The summed E-state index contributed by atoms with van der Waals surface area (Å²) in [6.45, 7) is 4.25. The third-order valence-electron chi connectivity index (χ3n) is 5.08. The molecule has 0 atom stereocenters. The minimum atomic E-state index is -0.193. The molecule has 1 fully saturated rings. The van der Waals surface area contributed by atoms with E-state index in [0.29, 0.717) is 31.1 Å². The van der Waals surface area contributed by atoms with Crippen LogP contribution in [0.2, 0.25) is 0 Å². The van der Waals surface area contributed by atoms with Gasteiger partial charge in [-0.1, -0.05) is 36.4 Å². The minimum Gasteiger partial charge on any atom is -0.490 e. The molecule has 3 aromatic rings. The van der Waals surface area contributed by atoms with Crippen LogP contribution < -0.4 is 19.7 Å². The van der Waals surface area contributed by atoms with Crippen molar-refractivity contribution in [1.82, 2.24) is 10.3 Å². The molecule has 0 saturated carbocycles. The molecule has 0 bridgehead atoms. The van der Waals surface area contributed by atoms with Gasteiger partial charge in [0.05, 0.1) is 18.8 Å². The van der Waals surface area contributed by atoms with Crippen molar-refractivity contribution in [3.05, 3.63) is 84.1 Å². The van der Waals surface area contributed by atoms with Crippen LogP contribution in [0.1, 0.15) is 15.9 Å². The van der Waals surface area contributed by atoms with Crippen LogP contribution in [0.15, 0.2) is 72.9 Å². The summed E-state index contributed by atoms with van der Waals surface area (Å²) in [6, 6.07) is 20.7. The van der Waals surface area contributed by atoms with Crippen LogP contribution in [0.25, 0.3) is 0 Å². The number of nitrogens with zero attached hydrogens (tertiary/aromatic N) is 2. The van der Waals surface area contributed by atoms with Gasteiger partial charge in [-0.05, 0) is 35.9 Å². The number of morpholine rings is 1. The fourth-order valence-corrected chi connectivity index (χ4v) is 3.39. The van der Waals surface area contributed by atoms with Gasteiger partial charge in [-0.15, -0.1) is 0 Å².